The lowest BCUT2D eigenvalue weighted by molar-refractivity contribution is -0.0288. The summed E-state index contributed by atoms with van der Waals surface area (Å²) in [7, 11) is 1.70. The molecular formula is C13H17ClN2OS. The third-order valence-corrected chi connectivity index (χ3v) is 4.64. The van der Waals surface area contributed by atoms with Crippen LogP contribution in [0.2, 0.25) is 5.15 Å². The van der Waals surface area contributed by atoms with Gasteiger partial charge in [-0.3, -0.25) is 0 Å². The molecule has 0 spiro atoms. The molecule has 0 radical (unpaired) electrons. The van der Waals surface area contributed by atoms with Gasteiger partial charge in [-0.25, -0.2) is 9.97 Å². The highest BCUT2D eigenvalue weighted by molar-refractivity contribution is 7.18. The molecule has 98 valence electrons. The molecule has 0 saturated carbocycles. The first-order valence-corrected chi connectivity index (χ1v) is 7.25. The predicted molar refractivity (Wildman–Crippen MR) is 76.4 cm³/mol. The molecule has 3 nitrogen and oxygen atoms in total. The third kappa shape index (κ3) is 2.13. The van der Waals surface area contributed by atoms with Gasteiger partial charge < -0.3 is 4.74 Å². The second-order valence-electron chi connectivity index (χ2n) is 4.32. The number of aromatic nitrogens is 2. The summed E-state index contributed by atoms with van der Waals surface area (Å²) < 4.78 is 5.65. The normalized spacial score (nSPS) is 12.3. The van der Waals surface area contributed by atoms with Gasteiger partial charge in [0, 0.05) is 17.4 Å². The van der Waals surface area contributed by atoms with E-state index >= 15 is 0 Å². The Hall–Kier alpha value is -0.710. The van der Waals surface area contributed by atoms with E-state index in [4.69, 9.17) is 16.3 Å². The third-order valence-electron chi connectivity index (χ3n) is 3.41. The SMILES string of the molecule is CCC(CC)(OC)c1nc(Cl)c2cc(C)sc2n1. The summed E-state index contributed by atoms with van der Waals surface area (Å²) in [5, 5.41) is 1.45. The average molecular weight is 285 g/mol. The minimum absolute atomic E-state index is 0.435. The molecule has 0 aliphatic carbocycles. The van der Waals surface area contributed by atoms with Gasteiger partial charge in [0.05, 0.1) is 0 Å². The summed E-state index contributed by atoms with van der Waals surface area (Å²) in [6, 6.07) is 2.03. The Bertz CT molecular complexity index is 555. The zero-order valence-electron chi connectivity index (χ0n) is 11.1. The number of nitrogens with zero attached hydrogens (tertiary/aromatic N) is 2. The summed E-state index contributed by atoms with van der Waals surface area (Å²) in [6.45, 7) is 6.20. The van der Waals surface area contributed by atoms with E-state index in [1.54, 1.807) is 18.4 Å². The topological polar surface area (TPSA) is 35.0 Å². The van der Waals surface area contributed by atoms with Crippen LogP contribution in [-0.4, -0.2) is 17.1 Å². The van der Waals surface area contributed by atoms with Crippen molar-refractivity contribution in [1.82, 2.24) is 9.97 Å². The van der Waals surface area contributed by atoms with Crippen molar-refractivity contribution in [3.8, 4) is 0 Å². The average Bonchev–Trinajstić information content (AvgIpc) is 2.73. The Balaban J connectivity index is 2.64. The van der Waals surface area contributed by atoms with Crippen molar-refractivity contribution in [1.29, 1.82) is 0 Å². The Kier molecular flexibility index (Phi) is 3.90. The largest absolute Gasteiger partial charge is 0.370 e. The Morgan fingerprint density at radius 1 is 1.33 bits per heavy atom. The van der Waals surface area contributed by atoms with Gasteiger partial charge in [-0.05, 0) is 25.8 Å². The van der Waals surface area contributed by atoms with Crippen molar-refractivity contribution in [3.05, 3.63) is 21.9 Å². The molecule has 2 rings (SSSR count). The number of halogens is 1. The van der Waals surface area contributed by atoms with Crippen LogP contribution in [0.4, 0.5) is 0 Å². The molecule has 0 amide bonds. The molecule has 2 heterocycles. The number of rotatable bonds is 4. The molecule has 0 aromatic carbocycles. The van der Waals surface area contributed by atoms with Crippen molar-refractivity contribution in [2.75, 3.05) is 7.11 Å². The van der Waals surface area contributed by atoms with Gasteiger partial charge in [0.25, 0.3) is 0 Å². The van der Waals surface area contributed by atoms with Crippen molar-refractivity contribution in [3.63, 3.8) is 0 Å². The van der Waals surface area contributed by atoms with Gasteiger partial charge in [0.2, 0.25) is 0 Å². The van der Waals surface area contributed by atoms with E-state index in [9.17, 15) is 0 Å². The second kappa shape index (κ2) is 5.11. The van der Waals surface area contributed by atoms with Crippen LogP contribution in [0, 0.1) is 6.92 Å². The molecule has 0 atom stereocenters. The number of thiophene rings is 1. The van der Waals surface area contributed by atoms with Crippen molar-refractivity contribution in [2.24, 2.45) is 0 Å². The van der Waals surface area contributed by atoms with Crippen LogP contribution in [0.25, 0.3) is 10.2 Å². The fraction of sp³-hybridized carbons (Fsp3) is 0.538. The highest BCUT2D eigenvalue weighted by atomic mass is 35.5. The minimum atomic E-state index is -0.435. The van der Waals surface area contributed by atoms with Crippen LogP contribution < -0.4 is 0 Å². The number of hydrogen-bond donors (Lipinski definition) is 0. The fourth-order valence-electron chi connectivity index (χ4n) is 2.16. The molecule has 0 unspecified atom stereocenters. The Morgan fingerprint density at radius 2 is 2.00 bits per heavy atom. The lowest BCUT2D eigenvalue weighted by Crippen LogP contribution is -2.29. The number of methoxy groups -OCH3 is 1. The predicted octanol–water partition coefficient (Wildman–Crippen LogP) is 4.31. The highest BCUT2D eigenvalue weighted by Gasteiger charge is 2.32. The van der Waals surface area contributed by atoms with Gasteiger partial charge in [-0.1, -0.05) is 25.4 Å². The van der Waals surface area contributed by atoms with Gasteiger partial charge in [-0.2, -0.15) is 0 Å². The van der Waals surface area contributed by atoms with Gasteiger partial charge in [0.15, 0.2) is 5.82 Å². The van der Waals surface area contributed by atoms with Crippen LogP contribution >= 0.6 is 22.9 Å². The van der Waals surface area contributed by atoms with Gasteiger partial charge in [0.1, 0.15) is 15.6 Å². The molecule has 0 aliphatic rings. The minimum Gasteiger partial charge on any atom is -0.370 e. The summed E-state index contributed by atoms with van der Waals surface area (Å²) in [6.07, 6.45) is 1.65. The smallest absolute Gasteiger partial charge is 0.163 e. The molecule has 0 saturated heterocycles. The van der Waals surface area contributed by atoms with E-state index in [1.807, 2.05) is 13.0 Å². The van der Waals surface area contributed by atoms with Crippen LogP contribution in [0.1, 0.15) is 37.4 Å². The molecule has 2 aromatic heterocycles. The highest BCUT2D eigenvalue weighted by Crippen LogP contribution is 2.34. The van der Waals surface area contributed by atoms with E-state index in [2.05, 4.69) is 23.8 Å². The molecule has 0 aliphatic heterocycles. The Morgan fingerprint density at radius 3 is 2.56 bits per heavy atom. The van der Waals surface area contributed by atoms with E-state index in [-0.39, 0.29) is 0 Å². The first kappa shape index (κ1) is 13.7. The van der Waals surface area contributed by atoms with Crippen LogP contribution in [0.3, 0.4) is 0 Å². The fourth-order valence-corrected chi connectivity index (χ4v) is 3.32. The number of ether oxygens (including phenoxy) is 1. The summed E-state index contributed by atoms with van der Waals surface area (Å²) in [4.78, 5) is 11.2. The first-order valence-electron chi connectivity index (χ1n) is 6.05. The Labute approximate surface area is 116 Å². The number of hydrogen-bond acceptors (Lipinski definition) is 4. The summed E-state index contributed by atoms with van der Waals surface area (Å²) >= 11 is 7.89. The lowest BCUT2D eigenvalue weighted by Gasteiger charge is -2.28. The molecular weight excluding hydrogens is 268 g/mol. The van der Waals surface area contributed by atoms with Crippen LogP contribution in [0.5, 0.6) is 0 Å². The van der Waals surface area contributed by atoms with Crippen molar-refractivity contribution in [2.45, 2.75) is 39.2 Å². The van der Waals surface area contributed by atoms with E-state index in [0.717, 1.165) is 23.1 Å². The number of fused-ring (bicyclic) bond motifs is 1. The van der Waals surface area contributed by atoms with E-state index in [1.165, 1.54) is 4.88 Å². The maximum absolute atomic E-state index is 6.25. The van der Waals surface area contributed by atoms with Gasteiger partial charge >= 0.3 is 0 Å². The zero-order valence-corrected chi connectivity index (χ0v) is 12.7. The van der Waals surface area contributed by atoms with E-state index < -0.39 is 5.60 Å². The van der Waals surface area contributed by atoms with Crippen molar-refractivity contribution >= 4 is 33.2 Å². The zero-order chi connectivity index (χ0) is 13.3. The van der Waals surface area contributed by atoms with Crippen LogP contribution in [-0.2, 0) is 10.3 Å². The molecule has 5 heteroatoms. The first-order chi connectivity index (χ1) is 8.56. The lowest BCUT2D eigenvalue weighted by atomic mass is 9.96. The second-order valence-corrected chi connectivity index (χ2v) is 5.91. The molecule has 0 N–H and O–H groups in total. The van der Waals surface area contributed by atoms with Gasteiger partial charge in [-0.15, -0.1) is 11.3 Å². The van der Waals surface area contributed by atoms with Crippen molar-refractivity contribution < 1.29 is 4.74 Å². The quantitative estimate of drug-likeness (QED) is 0.785. The summed E-state index contributed by atoms with van der Waals surface area (Å²) in [5.41, 5.74) is -0.435. The summed E-state index contributed by atoms with van der Waals surface area (Å²) in [5.74, 6) is 0.689. The van der Waals surface area contributed by atoms with Crippen LogP contribution in [0.15, 0.2) is 6.07 Å². The maximum atomic E-state index is 6.25. The number of aryl methyl sites for hydroxylation is 1. The molecule has 18 heavy (non-hydrogen) atoms. The monoisotopic (exact) mass is 284 g/mol. The molecule has 2 aromatic rings. The molecule has 0 fully saturated rings. The van der Waals surface area contributed by atoms with E-state index in [0.29, 0.717) is 11.0 Å². The standard InChI is InChI=1S/C13H17ClN2OS/c1-5-13(6-2,17-4)12-15-10(14)9-7-8(3)18-11(9)16-12/h7H,5-6H2,1-4H3. The molecule has 0 bridgehead atoms. The maximum Gasteiger partial charge on any atom is 0.163 e.